The molecule has 4 heterocycles. The minimum absolute atomic E-state index is 0.0790. The lowest BCUT2D eigenvalue weighted by molar-refractivity contribution is -0.124. The summed E-state index contributed by atoms with van der Waals surface area (Å²) in [5.74, 6) is 2.38. The second-order valence-corrected chi connectivity index (χ2v) is 12.3. The number of fused-ring (bicyclic) bond motifs is 2. The molecule has 0 radical (unpaired) electrons. The number of hydrogen-bond acceptors (Lipinski definition) is 10. The van der Waals surface area contributed by atoms with Crippen LogP contribution in [0.1, 0.15) is 67.6 Å². The summed E-state index contributed by atoms with van der Waals surface area (Å²) < 4.78 is 43.7. The third kappa shape index (κ3) is 4.36. The summed E-state index contributed by atoms with van der Waals surface area (Å²) in [4.78, 5) is 27.1. The molecular formula is C25H27FN6O4S. The van der Waals surface area contributed by atoms with Gasteiger partial charge in [0.25, 0.3) is 0 Å². The highest BCUT2D eigenvalue weighted by molar-refractivity contribution is 7.90. The van der Waals surface area contributed by atoms with Gasteiger partial charge in [-0.15, -0.1) is 0 Å². The largest absolute Gasteiger partial charge is 0.350 e. The molecule has 0 spiro atoms. The number of nitrogens with zero attached hydrogens (tertiary/aromatic N) is 5. The van der Waals surface area contributed by atoms with Gasteiger partial charge in [0.05, 0.1) is 10.6 Å². The van der Waals surface area contributed by atoms with Crippen LogP contribution in [0.15, 0.2) is 33.9 Å². The van der Waals surface area contributed by atoms with E-state index in [9.17, 15) is 17.6 Å². The van der Waals surface area contributed by atoms with Crippen LogP contribution in [0.5, 0.6) is 0 Å². The molecule has 1 aromatic carbocycles. The molecule has 2 atom stereocenters. The lowest BCUT2D eigenvalue weighted by Crippen LogP contribution is -2.43. The minimum Gasteiger partial charge on any atom is -0.350 e. The smallest absolute Gasteiger partial charge is 0.229 e. The molecule has 2 aliphatic heterocycles. The van der Waals surface area contributed by atoms with E-state index >= 15 is 0 Å². The SMILES string of the molecule is Cc1c(Nc2ccc(S(C)(=O)=O)cc2F)ncnc1N1C2CCC1CC(c1nc(C3CC(=O)C3)no1)C2. The molecule has 12 heteroatoms. The zero-order valence-electron chi connectivity index (χ0n) is 20.5. The van der Waals surface area contributed by atoms with E-state index < -0.39 is 15.7 Å². The van der Waals surface area contributed by atoms with Crippen molar-refractivity contribution < 1.29 is 22.1 Å². The maximum absolute atomic E-state index is 14.7. The van der Waals surface area contributed by atoms with Gasteiger partial charge in [0, 0.05) is 48.6 Å². The molecule has 3 aliphatic rings. The number of ketones is 1. The van der Waals surface area contributed by atoms with Gasteiger partial charge in [-0.1, -0.05) is 5.16 Å². The van der Waals surface area contributed by atoms with Gasteiger partial charge in [0.1, 0.15) is 29.6 Å². The Bertz CT molecular complexity index is 1470. The van der Waals surface area contributed by atoms with Crippen molar-refractivity contribution in [2.45, 2.75) is 74.3 Å². The quantitative estimate of drug-likeness (QED) is 0.506. The Morgan fingerprint density at radius 3 is 2.49 bits per heavy atom. The molecule has 2 unspecified atom stereocenters. The molecule has 1 N–H and O–H groups in total. The van der Waals surface area contributed by atoms with Crippen molar-refractivity contribution in [3.05, 3.63) is 47.6 Å². The monoisotopic (exact) mass is 526 g/mol. The molecule has 1 saturated carbocycles. The average molecular weight is 527 g/mol. The summed E-state index contributed by atoms with van der Waals surface area (Å²) in [6.07, 6.45) is 7.25. The van der Waals surface area contributed by atoms with Crippen LogP contribution >= 0.6 is 0 Å². The van der Waals surface area contributed by atoms with Crippen molar-refractivity contribution in [1.29, 1.82) is 0 Å². The van der Waals surface area contributed by atoms with Crippen molar-refractivity contribution in [1.82, 2.24) is 20.1 Å². The van der Waals surface area contributed by atoms with Gasteiger partial charge in [0.2, 0.25) is 5.89 Å². The maximum Gasteiger partial charge on any atom is 0.229 e. The summed E-state index contributed by atoms with van der Waals surface area (Å²) in [6.45, 7) is 1.90. The highest BCUT2D eigenvalue weighted by atomic mass is 32.2. The Morgan fingerprint density at radius 1 is 1.11 bits per heavy atom. The second kappa shape index (κ2) is 8.86. The summed E-state index contributed by atoms with van der Waals surface area (Å²) in [6, 6.07) is 4.27. The number of hydrogen-bond donors (Lipinski definition) is 1. The van der Waals surface area contributed by atoms with Crippen molar-refractivity contribution in [3.63, 3.8) is 0 Å². The molecule has 194 valence electrons. The number of halogens is 1. The molecule has 3 fully saturated rings. The standard InChI is InChI=1S/C25H27FN6O4S/c1-13-22(29-21-6-5-19(11-20(21)26)37(2,34)35)27-12-28-24(13)32-16-3-4-17(32)8-15(7-16)25-30-23(31-36-25)14-9-18(33)10-14/h5-6,11-12,14-17H,3-4,7-10H2,1-2H3,(H,27,28,29). The van der Waals surface area contributed by atoms with Crippen molar-refractivity contribution in [3.8, 4) is 0 Å². The fraction of sp³-hybridized carbons (Fsp3) is 0.480. The summed E-state index contributed by atoms with van der Waals surface area (Å²) in [5.41, 5.74) is 0.932. The molecule has 37 heavy (non-hydrogen) atoms. The van der Waals surface area contributed by atoms with Crippen LogP contribution in [0.2, 0.25) is 0 Å². The lowest BCUT2D eigenvalue weighted by Gasteiger charge is -2.39. The third-order valence-corrected chi connectivity index (χ3v) is 8.89. The molecule has 3 aromatic rings. The first-order valence-corrected chi connectivity index (χ1v) is 14.3. The van der Waals surface area contributed by atoms with E-state index in [4.69, 9.17) is 4.52 Å². The number of aromatic nitrogens is 4. The average Bonchev–Trinajstić information content (AvgIpc) is 3.41. The van der Waals surface area contributed by atoms with Gasteiger partial charge in [-0.3, -0.25) is 4.79 Å². The zero-order chi connectivity index (χ0) is 25.9. The van der Waals surface area contributed by atoms with E-state index in [-0.39, 0.29) is 40.3 Å². The van der Waals surface area contributed by atoms with Crippen LogP contribution < -0.4 is 10.2 Å². The van der Waals surface area contributed by atoms with Crippen LogP contribution in [0.4, 0.5) is 21.7 Å². The first-order valence-electron chi connectivity index (χ1n) is 12.4. The number of sulfone groups is 1. The Morgan fingerprint density at radius 2 is 1.84 bits per heavy atom. The number of rotatable bonds is 6. The predicted molar refractivity (Wildman–Crippen MR) is 132 cm³/mol. The number of benzene rings is 1. The van der Waals surface area contributed by atoms with Crippen LogP contribution in [0, 0.1) is 12.7 Å². The van der Waals surface area contributed by atoms with Gasteiger partial charge >= 0.3 is 0 Å². The van der Waals surface area contributed by atoms with Crippen molar-refractivity contribution >= 4 is 32.9 Å². The number of nitrogens with one attached hydrogen (secondary N) is 1. The molecule has 2 bridgehead atoms. The topological polar surface area (TPSA) is 131 Å². The Hall–Kier alpha value is -3.41. The number of carbonyl (C=O) groups excluding carboxylic acids is 1. The normalized spacial score (nSPS) is 23.8. The third-order valence-electron chi connectivity index (χ3n) is 7.78. The van der Waals surface area contributed by atoms with Gasteiger partial charge in [-0.25, -0.2) is 22.8 Å². The van der Waals surface area contributed by atoms with E-state index in [1.807, 2.05) is 6.92 Å². The molecule has 2 aromatic heterocycles. The molecular weight excluding hydrogens is 499 g/mol. The van der Waals surface area contributed by atoms with Gasteiger partial charge in [-0.05, 0) is 50.8 Å². The van der Waals surface area contributed by atoms with E-state index in [0.717, 1.165) is 49.4 Å². The Balaban J connectivity index is 1.20. The van der Waals surface area contributed by atoms with Crippen molar-refractivity contribution in [2.24, 2.45) is 0 Å². The fourth-order valence-corrected chi connectivity index (χ4v) is 6.39. The number of Topliss-reactive ketones (excluding diaryl/α,β-unsaturated/α-hetero) is 1. The van der Waals surface area contributed by atoms with Crippen LogP contribution in [0.3, 0.4) is 0 Å². The Labute approximate surface area is 213 Å². The highest BCUT2D eigenvalue weighted by Crippen LogP contribution is 2.46. The molecule has 0 amide bonds. The minimum atomic E-state index is -3.51. The molecule has 10 nitrogen and oxygen atoms in total. The second-order valence-electron chi connectivity index (χ2n) is 10.3. The van der Waals surface area contributed by atoms with E-state index in [2.05, 4.69) is 30.3 Å². The predicted octanol–water partition coefficient (Wildman–Crippen LogP) is 3.82. The van der Waals surface area contributed by atoms with Crippen LogP contribution in [-0.4, -0.2) is 52.6 Å². The van der Waals surface area contributed by atoms with Crippen LogP contribution in [0.25, 0.3) is 0 Å². The summed E-state index contributed by atoms with van der Waals surface area (Å²) in [5, 5.41) is 7.15. The van der Waals surface area contributed by atoms with Crippen LogP contribution in [-0.2, 0) is 14.6 Å². The van der Waals surface area contributed by atoms with Gasteiger partial charge in [-0.2, -0.15) is 4.98 Å². The first-order chi connectivity index (χ1) is 17.7. The molecule has 2 saturated heterocycles. The molecule has 6 rings (SSSR count). The molecule has 1 aliphatic carbocycles. The number of anilines is 3. The van der Waals surface area contributed by atoms with E-state index in [1.54, 1.807) is 0 Å². The maximum atomic E-state index is 14.7. The Kier molecular flexibility index (Phi) is 5.74. The first kappa shape index (κ1) is 24.0. The van der Waals surface area contributed by atoms with Gasteiger partial charge in [0.15, 0.2) is 15.7 Å². The zero-order valence-corrected chi connectivity index (χ0v) is 21.3. The summed E-state index contributed by atoms with van der Waals surface area (Å²) in [7, 11) is -3.51. The highest BCUT2D eigenvalue weighted by Gasteiger charge is 2.44. The summed E-state index contributed by atoms with van der Waals surface area (Å²) >= 11 is 0. The van der Waals surface area contributed by atoms with Crippen molar-refractivity contribution in [2.75, 3.05) is 16.5 Å². The van der Waals surface area contributed by atoms with E-state index in [1.165, 1.54) is 18.5 Å². The lowest BCUT2D eigenvalue weighted by atomic mass is 9.83. The number of carbonyl (C=O) groups is 1. The van der Waals surface area contributed by atoms with Gasteiger partial charge < -0.3 is 14.7 Å². The number of piperidine rings is 1. The fourth-order valence-electron chi connectivity index (χ4n) is 5.76. The van der Waals surface area contributed by atoms with E-state index in [0.29, 0.717) is 30.4 Å².